The third kappa shape index (κ3) is 3.66. The largest absolute Gasteiger partial charge is 0.493 e. The molecule has 0 aromatic heterocycles. The molecule has 1 N–H and O–H groups in total. The normalized spacial score (nSPS) is 19.8. The lowest BCUT2D eigenvalue weighted by atomic mass is 10.1. The van der Waals surface area contributed by atoms with Gasteiger partial charge in [0, 0.05) is 17.0 Å². The summed E-state index contributed by atoms with van der Waals surface area (Å²) < 4.78 is 16.1. The molecule has 2 atom stereocenters. The lowest BCUT2D eigenvalue weighted by molar-refractivity contribution is -0.144. The predicted octanol–water partition coefficient (Wildman–Crippen LogP) is 3.81. The number of likely N-dealkylation sites (tertiary alicyclic amines) is 1. The summed E-state index contributed by atoms with van der Waals surface area (Å²) in [5, 5.41) is 3.42. The molecule has 0 unspecified atom stereocenters. The number of halogens is 2. The van der Waals surface area contributed by atoms with Gasteiger partial charge in [0.05, 0.1) is 24.9 Å². The molecule has 2 aliphatic heterocycles. The van der Waals surface area contributed by atoms with Crippen LogP contribution in [-0.4, -0.2) is 42.9 Å². The number of fused-ring (bicyclic) bond motifs is 1. The molecule has 10 heteroatoms. The SMILES string of the molecule is COc1ccc2c(c1OC)C(=O)O[C@H]2N1C(=O)CC[C@H]1C(=O)Nc1ccc(Cl)cc1Cl. The van der Waals surface area contributed by atoms with Crippen molar-refractivity contribution in [1.82, 2.24) is 4.90 Å². The van der Waals surface area contributed by atoms with Crippen LogP contribution in [0.1, 0.15) is 35.0 Å². The third-order valence-corrected chi connectivity index (χ3v) is 5.81. The maximum atomic E-state index is 13.0. The average Bonchev–Trinajstić information content (AvgIpc) is 3.29. The first-order chi connectivity index (χ1) is 14.8. The Labute approximate surface area is 188 Å². The minimum Gasteiger partial charge on any atom is -0.493 e. The number of nitrogens with one attached hydrogen (secondary N) is 1. The monoisotopic (exact) mass is 464 g/mol. The smallest absolute Gasteiger partial charge is 0.344 e. The highest BCUT2D eigenvalue weighted by atomic mass is 35.5. The molecule has 2 aromatic rings. The topological polar surface area (TPSA) is 94.2 Å². The molecular formula is C21H18Cl2N2O6. The van der Waals surface area contributed by atoms with Crippen molar-refractivity contribution in [2.75, 3.05) is 19.5 Å². The number of esters is 1. The molecule has 2 amide bonds. The number of benzene rings is 2. The molecule has 0 bridgehead atoms. The summed E-state index contributed by atoms with van der Waals surface area (Å²) in [6.45, 7) is 0. The molecule has 4 rings (SSSR count). The van der Waals surface area contributed by atoms with Gasteiger partial charge < -0.3 is 19.5 Å². The number of carbonyl (C=O) groups excluding carboxylic acids is 3. The fourth-order valence-electron chi connectivity index (χ4n) is 3.85. The van der Waals surface area contributed by atoms with E-state index in [1.807, 2.05) is 0 Å². The van der Waals surface area contributed by atoms with Crippen LogP contribution < -0.4 is 14.8 Å². The van der Waals surface area contributed by atoms with Crippen LogP contribution in [0.3, 0.4) is 0 Å². The number of anilines is 1. The Morgan fingerprint density at radius 1 is 1.16 bits per heavy atom. The summed E-state index contributed by atoms with van der Waals surface area (Å²) in [4.78, 5) is 39.6. The number of hydrogen-bond donors (Lipinski definition) is 1. The minimum atomic E-state index is -1.05. The van der Waals surface area contributed by atoms with E-state index in [0.29, 0.717) is 22.0 Å². The first-order valence-electron chi connectivity index (χ1n) is 9.38. The molecule has 8 nitrogen and oxygen atoms in total. The van der Waals surface area contributed by atoms with E-state index in [1.54, 1.807) is 24.3 Å². The van der Waals surface area contributed by atoms with Crippen molar-refractivity contribution in [3.8, 4) is 11.5 Å². The van der Waals surface area contributed by atoms with Crippen molar-refractivity contribution in [1.29, 1.82) is 0 Å². The molecule has 2 aromatic carbocycles. The van der Waals surface area contributed by atoms with Crippen LogP contribution in [0.25, 0.3) is 0 Å². The van der Waals surface area contributed by atoms with Gasteiger partial charge in [-0.1, -0.05) is 23.2 Å². The third-order valence-electron chi connectivity index (χ3n) is 5.27. The fourth-order valence-corrected chi connectivity index (χ4v) is 4.31. The van der Waals surface area contributed by atoms with Crippen molar-refractivity contribution < 1.29 is 28.6 Å². The van der Waals surface area contributed by atoms with E-state index in [1.165, 1.54) is 25.2 Å². The summed E-state index contributed by atoms with van der Waals surface area (Å²) in [5.74, 6) is -0.829. The Kier molecular flexibility index (Phi) is 5.68. The number of hydrogen-bond acceptors (Lipinski definition) is 6. The second-order valence-corrected chi connectivity index (χ2v) is 7.84. The first kappa shape index (κ1) is 21.3. The zero-order chi connectivity index (χ0) is 22.3. The zero-order valence-electron chi connectivity index (χ0n) is 16.6. The molecular weight excluding hydrogens is 447 g/mol. The molecule has 0 spiro atoms. The van der Waals surface area contributed by atoms with Crippen LogP contribution in [0.5, 0.6) is 11.5 Å². The number of cyclic esters (lactones) is 1. The molecule has 0 aliphatic carbocycles. The van der Waals surface area contributed by atoms with E-state index in [0.717, 1.165) is 0 Å². The molecule has 1 saturated heterocycles. The van der Waals surface area contributed by atoms with E-state index < -0.39 is 24.1 Å². The van der Waals surface area contributed by atoms with Crippen molar-refractivity contribution in [3.05, 3.63) is 51.5 Å². The van der Waals surface area contributed by atoms with Crippen LogP contribution in [0.15, 0.2) is 30.3 Å². The number of ether oxygens (including phenoxy) is 3. The Bertz CT molecular complexity index is 1090. The van der Waals surface area contributed by atoms with Gasteiger partial charge >= 0.3 is 5.97 Å². The van der Waals surface area contributed by atoms with Crippen LogP contribution in [-0.2, 0) is 14.3 Å². The molecule has 2 heterocycles. The highest BCUT2D eigenvalue weighted by Crippen LogP contribution is 2.45. The number of amides is 2. The van der Waals surface area contributed by atoms with Crippen molar-refractivity contribution >= 4 is 46.7 Å². The standard InChI is InChI=1S/C21H18Cl2N2O6/c1-29-15-7-4-11-17(18(15)30-2)21(28)31-20(11)25-14(6-8-16(25)26)19(27)24-13-5-3-10(22)9-12(13)23/h3-5,7,9,14,20H,6,8H2,1-2H3,(H,24,27)/t14-,20+/m0/s1. The lowest BCUT2D eigenvalue weighted by Gasteiger charge is -2.29. The van der Waals surface area contributed by atoms with E-state index >= 15 is 0 Å². The van der Waals surface area contributed by atoms with Gasteiger partial charge in [-0.15, -0.1) is 0 Å². The number of carbonyl (C=O) groups is 3. The highest BCUT2D eigenvalue weighted by molar-refractivity contribution is 6.36. The van der Waals surface area contributed by atoms with Crippen molar-refractivity contribution in [3.63, 3.8) is 0 Å². The summed E-state index contributed by atoms with van der Waals surface area (Å²) in [5.41, 5.74) is 0.970. The maximum Gasteiger partial charge on any atom is 0.344 e. The van der Waals surface area contributed by atoms with Gasteiger partial charge in [0.25, 0.3) is 0 Å². The van der Waals surface area contributed by atoms with Gasteiger partial charge in [0.15, 0.2) is 11.5 Å². The minimum absolute atomic E-state index is 0.142. The maximum absolute atomic E-state index is 13.0. The van der Waals surface area contributed by atoms with E-state index in [4.69, 9.17) is 37.4 Å². The van der Waals surface area contributed by atoms with E-state index in [2.05, 4.69) is 5.32 Å². The Morgan fingerprint density at radius 3 is 2.61 bits per heavy atom. The fraction of sp³-hybridized carbons (Fsp3) is 0.286. The van der Waals surface area contributed by atoms with E-state index in [9.17, 15) is 14.4 Å². The summed E-state index contributed by atoms with van der Waals surface area (Å²) in [6, 6.07) is 7.07. The molecule has 0 saturated carbocycles. The van der Waals surface area contributed by atoms with Gasteiger partial charge in [0.1, 0.15) is 11.6 Å². The van der Waals surface area contributed by atoms with Crippen LogP contribution >= 0.6 is 23.2 Å². The Morgan fingerprint density at radius 2 is 1.94 bits per heavy atom. The number of rotatable bonds is 5. The predicted molar refractivity (Wildman–Crippen MR) is 113 cm³/mol. The molecule has 162 valence electrons. The highest BCUT2D eigenvalue weighted by Gasteiger charge is 2.47. The first-order valence-corrected chi connectivity index (χ1v) is 10.1. The average molecular weight is 465 g/mol. The number of nitrogens with zero attached hydrogens (tertiary/aromatic N) is 1. The van der Waals surface area contributed by atoms with Crippen LogP contribution in [0.4, 0.5) is 5.69 Å². The summed E-state index contributed by atoms with van der Waals surface area (Å²) in [6.07, 6.45) is -0.635. The van der Waals surface area contributed by atoms with Crippen LogP contribution in [0.2, 0.25) is 10.0 Å². The van der Waals surface area contributed by atoms with Gasteiger partial charge in [-0.3, -0.25) is 14.5 Å². The molecule has 1 fully saturated rings. The van der Waals surface area contributed by atoms with Crippen LogP contribution in [0, 0.1) is 0 Å². The second-order valence-electron chi connectivity index (χ2n) is 6.99. The second kappa shape index (κ2) is 8.28. The summed E-state index contributed by atoms with van der Waals surface area (Å²) >= 11 is 12.0. The van der Waals surface area contributed by atoms with Crippen molar-refractivity contribution in [2.24, 2.45) is 0 Å². The molecule has 2 aliphatic rings. The quantitative estimate of drug-likeness (QED) is 0.676. The van der Waals surface area contributed by atoms with Crippen molar-refractivity contribution in [2.45, 2.75) is 25.1 Å². The number of methoxy groups -OCH3 is 2. The Balaban J connectivity index is 1.65. The van der Waals surface area contributed by atoms with Gasteiger partial charge in [-0.25, -0.2) is 4.79 Å². The van der Waals surface area contributed by atoms with Gasteiger partial charge in [0.2, 0.25) is 18.0 Å². The molecule has 31 heavy (non-hydrogen) atoms. The van der Waals surface area contributed by atoms with Gasteiger partial charge in [-0.2, -0.15) is 0 Å². The Hall–Kier alpha value is -2.97. The zero-order valence-corrected chi connectivity index (χ0v) is 18.1. The molecule has 0 radical (unpaired) electrons. The van der Waals surface area contributed by atoms with E-state index in [-0.39, 0.29) is 35.1 Å². The summed E-state index contributed by atoms with van der Waals surface area (Å²) in [7, 11) is 2.86. The van der Waals surface area contributed by atoms with Gasteiger partial charge in [-0.05, 0) is 36.8 Å². The lowest BCUT2D eigenvalue weighted by Crippen LogP contribution is -2.43.